The topological polar surface area (TPSA) is 17.8 Å². The van der Waals surface area contributed by atoms with Crippen molar-refractivity contribution < 1.29 is 17.6 Å². The van der Waals surface area contributed by atoms with Gasteiger partial charge in [0.1, 0.15) is 12.5 Å². The second kappa shape index (κ2) is 4.27. The molecule has 6 heteroatoms. The lowest BCUT2D eigenvalue weighted by atomic mass is 10.3. The number of imidazole rings is 1. The molecule has 0 aromatic carbocycles. The van der Waals surface area contributed by atoms with Gasteiger partial charge in [-0.05, 0) is 19.4 Å². The molecule has 1 rings (SSSR count). The Morgan fingerprint density at radius 2 is 2.12 bits per heavy atom. The van der Waals surface area contributed by atoms with Gasteiger partial charge < -0.3 is 4.57 Å². The van der Waals surface area contributed by atoms with Gasteiger partial charge in [0, 0.05) is 6.20 Å². The van der Waals surface area contributed by atoms with Crippen LogP contribution in [0.2, 0.25) is 0 Å². The fraction of sp³-hybridized carbons (Fsp3) is 0.500. The average Bonchev–Trinajstić information content (AvgIpc) is 2.60. The summed E-state index contributed by atoms with van der Waals surface area (Å²) in [6.45, 7) is 5.78. The van der Waals surface area contributed by atoms with Gasteiger partial charge in [0.25, 0.3) is 0 Å². The van der Waals surface area contributed by atoms with E-state index in [1.807, 2.05) is 0 Å². The van der Waals surface area contributed by atoms with Crippen LogP contribution < -0.4 is 0 Å². The van der Waals surface area contributed by atoms with Gasteiger partial charge in [0.05, 0.1) is 6.04 Å². The first-order valence-corrected chi connectivity index (χ1v) is 4.65. The van der Waals surface area contributed by atoms with Crippen LogP contribution in [0.3, 0.4) is 0 Å². The van der Waals surface area contributed by atoms with Crippen LogP contribution in [-0.2, 0) is 6.18 Å². The number of hydrogen-bond donors (Lipinski definition) is 0. The Kier molecular flexibility index (Phi) is 3.40. The van der Waals surface area contributed by atoms with E-state index in [-0.39, 0.29) is 5.82 Å². The van der Waals surface area contributed by atoms with Gasteiger partial charge in [-0.1, -0.05) is 6.58 Å². The first kappa shape index (κ1) is 12.7. The largest absolute Gasteiger partial charge is 0.434 e. The zero-order valence-corrected chi connectivity index (χ0v) is 8.98. The van der Waals surface area contributed by atoms with Crippen LogP contribution in [0.25, 0.3) is 5.57 Å². The van der Waals surface area contributed by atoms with Crippen LogP contribution in [0.15, 0.2) is 12.8 Å². The summed E-state index contributed by atoms with van der Waals surface area (Å²) in [5.41, 5.74) is -0.651. The van der Waals surface area contributed by atoms with Crippen molar-refractivity contribution in [1.29, 1.82) is 0 Å². The maximum absolute atomic E-state index is 12.5. The first-order chi connectivity index (χ1) is 7.27. The number of rotatable bonds is 3. The molecule has 0 saturated carbocycles. The lowest BCUT2D eigenvalue weighted by Crippen LogP contribution is -2.09. The van der Waals surface area contributed by atoms with Crippen molar-refractivity contribution in [3.05, 3.63) is 24.3 Å². The predicted octanol–water partition coefficient (Wildman–Crippen LogP) is 3.47. The van der Waals surface area contributed by atoms with Crippen LogP contribution in [0.1, 0.15) is 31.4 Å². The molecule has 0 amide bonds. The molecule has 0 aliphatic rings. The van der Waals surface area contributed by atoms with Gasteiger partial charge in [-0.2, -0.15) is 13.2 Å². The van der Waals surface area contributed by atoms with Crippen molar-refractivity contribution in [3.63, 3.8) is 0 Å². The number of aromatic nitrogens is 2. The minimum absolute atomic E-state index is 0.0671. The highest BCUT2D eigenvalue weighted by molar-refractivity contribution is 5.55. The molecule has 0 radical (unpaired) electrons. The lowest BCUT2D eigenvalue weighted by molar-refractivity contribution is -0.141. The minimum Gasteiger partial charge on any atom is -0.325 e. The van der Waals surface area contributed by atoms with Gasteiger partial charge in [-0.3, -0.25) is 0 Å². The smallest absolute Gasteiger partial charge is 0.325 e. The minimum atomic E-state index is -4.52. The maximum Gasteiger partial charge on any atom is 0.434 e. The third-order valence-electron chi connectivity index (χ3n) is 2.10. The zero-order valence-electron chi connectivity index (χ0n) is 8.98. The molecule has 0 N–H and O–H groups in total. The van der Waals surface area contributed by atoms with Crippen LogP contribution >= 0.6 is 0 Å². The lowest BCUT2D eigenvalue weighted by Gasteiger charge is -2.12. The van der Waals surface area contributed by atoms with Gasteiger partial charge >= 0.3 is 6.18 Å². The molecular formula is C10H12F4N2. The molecule has 0 fully saturated rings. The number of hydrogen-bond acceptors (Lipinski definition) is 1. The molecule has 1 heterocycles. The van der Waals surface area contributed by atoms with E-state index in [9.17, 15) is 17.6 Å². The van der Waals surface area contributed by atoms with Crippen molar-refractivity contribution >= 4 is 5.57 Å². The fourth-order valence-electron chi connectivity index (χ4n) is 1.26. The van der Waals surface area contributed by atoms with Crippen molar-refractivity contribution in [2.75, 3.05) is 6.67 Å². The zero-order chi connectivity index (χ0) is 12.5. The first-order valence-electron chi connectivity index (χ1n) is 4.65. The maximum atomic E-state index is 12.5. The summed E-state index contributed by atoms with van der Waals surface area (Å²) in [5, 5.41) is 0. The molecule has 2 nitrogen and oxygen atoms in total. The van der Waals surface area contributed by atoms with E-state index in [2.05, 4.69) is 11.6 Å². The van der Waals surface area contributed by atoms with Crippen molar-refractivity contribution in [3.8, 4) is 0 Å². The molecule has 16 heavy (non-hydrogen) atoms. The Hall–Kier alpha value is -1.33. The quantitative estimate of drug-likeness (QED) is 0.735. The van der Waals surface area contributed by atoms with E-state index in [0.717, 1.165) is 10.8 Å². The normalized spacial score (nSPS) is 13.9. The van der Waals surface area contributed by atoms with E-state index in [1.165, 1.54) is 13.8 Å². The van der Waals surface area contributed by atoms with Crippen molar-refractivity contribution in [2.45, 2.75) is 26.1 Å². The van der Waals surface area contributed by atoms with E-state index in [0.29, 0.717) is 5.57 Å². The Bertz CT molecular complexity index is 392. The Labute approximate surface area is 90.6 Å². The highest BCUT2D eigenvalue weighted by atomic mass is 19.4. The number of halogens is 4. The summed E-state index contributed by atoms with van der Waals surface area (Å²) in [6, 6.07) is -0.685. The molecule has 0 saturated heterocycles. The number of nitrogens with zero attached hydrogens (tertiary/aromatic N) is 2. The Morgan fingerprint density at radius 3 is 2.50 bits per heavy atom. The van der Waals surface area contributed by atoms with Crippen molar-refractivity contribution in [2.24, 2.45) is 0 Å². The molecule has 1 aromatic rings. The van der Waals surface area contributed by atoms with Crippen molar-refractivity contribution in [1.82, 2.24) is 9.55 Å². The summed E-state index contributed by atoms with van der Waals surface area (Å²) in [7, 11) is 0. The van der Waals surface area contributed by atoms with E-state index < -0.39 is 24.6 Å². The molecule has 90 valence electrons. The number of allylic oxidation sites excluding steroid dienone is 1. The molecular weight excluding hydrogens is 224 g/mol. The molecule has 1 atom stereocenters. The van der Waals surface area contributed by atoms with E-state index in [4.69, 9.17) is 0 Å². The van der Waals surface area contributed by atoms with Gasteiger partial charge in [-0.15, -0.1) is 0 Å². The van der Waals surface area contributed by atoms with Crippen LogP contribution in [0, 0.1) is 0 Å². The summed E-state index contributed by atoms with van der Waals surface area (Å²) in [4.78, 5) is 3.42. The predicted molar refractivity (Wildman–Crippen MR) is 52.6 cm³/mol. The fourth-order valence-corrected chi connectivity index (χ4v) is 1.26. The summed E-state index contributed by atoms with van der Waals surface area (Å²) >= 11 is 0. The highest BCUT2D eigenvalue weighted by Crippen LogP contribution is 2.30. The van der Waals surface area contributed by atoms with Crippen LogP contribution in [0.5, 0.6) is 0 Å². The van der Waals surface area contributed by atoms with Crippen LogP contribution in [-0.4, -0.2) is 16.2 Å². The van der Waals surface area contributed by atoms with Crippen LogP contribution in [0.4, 0.5) is 17.6 Å². The Balaban J connectivity index is 3.26. The standard InChI is InChI=1S/C10H12F4N2/c1-6(2)9-15-8(10(12,13)14)5-16(9)7(3)4-11/h5,7H,1,4H2,2-3H3. The average molecular weight is 236 g/mol. The second-order valence-electron chi connectivity index (χ2n) is 3.64. The summed E-state index contributed by atoms with van der Waals surface area (Å²) in [5.74, 6) is 0.0671. The summed E-state index contributed by atoms with van der Waals surface area (Å²) < 4.78 is 50.9. The Morgan fingerprint density at radius 1 is 1.56 bits per heavy atom. The molecule has 0 spiro atoms. The third-order valence-corrected chi connectivity index (χ3v) is 2.10. The second-order valence-corrected chi connectivity index (χ2v) is 3.64. The number of alkyl halides is 4. The van der Waals surface area contributed by atoms with Gasteiger partial charge in [0.2, 0.25) is 0 Å². The third kappa shape index (κ3) is 2.43. The van der Waals surface area contributed by atoms with E-state index >= 15 is 0 Å². The molecule has 0 bridgehead atoms. The molecule has 0 aliphatic carbocycles. The highest BCUT2D eigenvalue weighted by Gasteiger charge is 2.35. The SMILES string of the molecule is C=C(C)c1nc(C(F)(F)F)cn1C(C)CF. The molecule has 1 aromatic heterocycles. The van der Waals surface area contributed by atoms with Gasteiger partial charge in [-0.25, -0.2) is 9.37 Å². The van der Waals surface area contributed by atoms with E-state index in [1.54, 1.807) is 0 Å². The summed E-state index contributed by atoms with van der Waals surface area (Å²) in [6.07, 6.45) is -3.71. The molecule has 0 aliphatic heterocycles. The van der Waals surface area contributed by atoms with Gasteiger partial charge in [0.15, 0.2) is 5.69 Å². The monoisotopic (exact) mass is 236 g/mol. The molecule has 1 unspecified atom stereocenters.